The summed E-state index contributed by atoms with van der Waals surface area (Å²) in [5.74, 6) is 1.53. The third kappa shape index (κ3) is 3.02. The number of benzene rings is 2. The van der Waals surface area contributed by atoms with Crippen molar-refractivity contribution in [1.29, 1.82) is 0 Å². The molecule has 0 radical (unpaired) electrons. The Labute approximate surface area is 141 Å². The second-order valence-corrected chi connectivity index (χ2v) is 6.23. The van der Waals surface area contributed by atoms with Crippen LogP contribution < -0.4 is 20.1 Å². The monoisotopic (exact) mass is 324 g/mol. The Hall–Kier alpha value is -2.69. The Kier molecular flexibility index (Phi) is 3.76. The predicted octanol–water partition coefficient (Wildman–Crippen LogP) is 2.95. The van der Waals surface area contributed by atoms with E-state index in [1.807, 2.05) is 48.5 Å². The number of nitrogens with one attached hydrogen (secondary N) is 2. The summed E-state index contributed by atoms with van der Waals surface area (Å²) in [6, 6.07) is 15.7. The van der Waals surface area contributed by atoms with Crippen LogP contribution in [0.2, 0.25) is 0 Å². The first-order valence-electron chi connectivity index (χ1n) is 8.25. The Morgan fingerprint density at radius 2 is 1.75 bits per heavy atom. The zero-order chi connectivity index (χ0) is 16.4. The molecule has 0 saturated heterocycles. The van der Waals surface area contributed by atoms with Crippen LogP contribution in [0.5, 0.6) is 11.5 Å². The Balaban J connectivity index is 1.41. The fourth-order valence-corrected chi connectivity index (χ4v) is 2.99. The number of ether oxygens (including phenoxy) is 2. The molecular formula is C19H20N2O3. The van der Waals surface area contributed by atoms with Crippen molar-refractivity contribution in [3.8, 4) is 11.5 Å². The van der Waals surface area contributed by atoms with E-state index in [1.165, 1.54) is 0 Å². The molecule has 1 aliphatic carbocycles. The van der Waals surface area contributed by atoms with E-state index in [9.17, 15) is 4.79 Å². The van der Waals surface area contributed by atoms with Gasteiger partial charge in [-0.3, -0.25) is 0 Å². The third-order valence-electron chi connectivity index (χ3n) is 4.49. The van der Waals surface area contributed by atoms with Gasteiger partial charge in [-0.2, -0.15) is 0 Å². The average Bonchev–Trinajstić information content (AvgIpc) is 3.41. The summed E-state index contributed by atoms with van der Waals surface area (Å²) in [4.78, 5) is 12.3. The molecule has 2 aliphatic rings. The second kappa shape index (κ2) is 6.07. The highest BCUT2D eigenvalue weighted by atomic mass is 16.6. The topological polar surface area (TPSA) is 59.6 Å². The van der Waals surface area contributed by atoms with Crippen LogP contribution in [0.1, 0.15) is 24.0 Å². The molecular weight excluding hydrogens is 304 g/mol. The molecule has 24 heavy (non-hydrogen) atoms. The van der Waals surface area contributed by atoms with Gasteiger partial charge in [0.2, 0.25) is 0 Å². The van der Waals surface area contributed by atoms with Gasteiger partial charge in [-0.1, -0.05) is 36.4 Å². The van der Waals surface area contributed by atoms with Crippen LogP contribution in [0.4, 0.5) is 4.79 Å². The van der Waals surface area contributed by atoms with E-state index in [0.29, 0.717) is 19.8 Å². The van der Waals surface area contributed by atoms with Crippen molar-refractivity contribution in [2.24, 2.45) is 0 Å². The molecule has 0 unspecified atom stereocenters. The molecule has 5 heteroatoms. The van der Waals surface area contributed by atoms with Crippen molar-refractivity contribution in [3.63, 3.8) is 0 Å². The third-order valence-corrected chi connectivity index (χ3v) is 4.49. The Morgan fingerprint density at radius 1 is 1.00 bits per heavy atom. The van der Waals surface area contributed by atoms with Gasteiger partial charge in [0, 0.05) is 6.54 Å². The first-order chi connectivity index (χ1) is 11.8. The fraction of sp³-hybridized carbons (Fsp3) is 0.316. The Bertz CT molecular complexity index is 742. The summed E-state index contributed by atoms with van der Waals surface area (Å²) in [5, 5.41) is 6.04. The summed E-state index contributed by atoms with van der Waals surface area (Å²) in [6.07, 6.45) is 1.87. The highest BCUT2D eigenvalue weighted by molar-refractivity contribution is 5.75. The van der Waals surface area contributed by atoms with Crippen LogP contribution in [0.15, 0.2) is 48.5 Å². The maximum Gasteiger partial charge on any atom is 0.315 e. The Morgan fingerprint density at radius 3 is 2.50 bits per heavy atom. The normalized spacial score (nSPS) is 17.0. The number of carbonyl (C=O) groups excluding carboxylic acids is 1. The van der Waals surface area contributed by atoms with Gasteiger partial charge in [0.05, 0.1) is 5.54 Å². The lowest BCUT2D eigenvalue weighted by atomic mass is 10.0. The van der Waals surface area contributed by atoms with E-state index in [0.717, 1.165) is 35.5 Å². The largest absolute Gasteiger partial charge is 0.486 e. The van der Waals surface area contributed by atoms with Crippen molar-refractivity contribution >= 4 is 6.03 Å². The molecule has 2 aromatic carbocycles. The van der Waals surface area contributed by atoms with Crippen molar-refractivity contribution in [3.05, 3.63) is 59.7 Å². The van der Waals surface area contributed by atoms with Crippen molar-refractivity contribution < 1.29 is 14.3 Å². The molecule has 2 aromatic rings. The maximum absolute atomic E-state index is 12.3. The number of rotatable bonds is 4. The van der Waals surface area contributed by atoms with Gasteiger partial charge in [-0.25, -0.2) is 4.79 Å². The van der Waals surface area contributed by atoms with E-state index in [2.05, 4.69) is 10.6 Å². The first-order valence-corrected chi connectivity index (χ1v) is 8.25. The van der Waals surface area contributed by atoms with E-state index in [1.54, 1.807) is 0 Å². The van der Waals surface area contributed by atoms with Crippen LogP contribution in [-0.4, -0.2) is 19.2 Å². The smallest absolute Gasteiger partial charge is 0.315 e. The molecule has 5 nitrogen and oxygen atoms in total. The van der Waals surface area contributed by atoms with Crippen molar-refractivity contribution in [2.75, 3.05) is 13.2 Å². The molecule has 1 saturated carbocycles. The summed E-state index contributed by atoms with van der Waals surface area (Å²) in [7, 11) is 0. The number of hydrogen-bond donors (Lipinski definition) is 2. The van der Waals surface area contributed by atoms with E-state index in [4.69, 9.17) is 9.47 Å². The summed E-state index contributed by atoms with van der Waals surface area (Å²) < 4.78 is 11.2. The van der Waals surface area contributed by atoms with Gasteiger partial charge in [-0.05, 0) is 36.1 Å². The quantitative estimate of drug-likeness (QED) is 0.909. The molecule has 0 spiro atoms. The van der Waals surface area contributed by atoms with E-state index in [-0.39, 0.29) is 11.6 Å². The summed E-state index contributed by atoms with van der Waals surface area (Å²) in [5.41, 5.74) is 1.87. The number of fused-ring (bicyclic) bond motifs is 1. The predicted molar refractivity (Wildman–Crippen MR) is 90.2 cm³/mol. The van der Waals surface area contributed by atoms with E-state index < -0.39 is 0 Å². The lowest BCUT2D eigenvalue weighted by Gasteiger charge is -2.23. The minimum absolute atomic E-state index is 0.147. The molecule has 2 N–H and O–H groups in total. The van der Waals surface area contributed by atoms with Crippen LogP contribution in [0.25, 0.3) is 0 Å². The minimum atomic E-state index is -0.281. The number of amides is 2. The highest BCUT2D eigenvalue weighted by Gasteiger charge is 2.46. The second-order valence-electron chi connectivity index (χ2n) is 6.23. The van der Waals surface area contributed by atoms with Crippen LogP contribution in [0, 0.1) is 0 Å². The van der Waals surface area contributed by atoms with Crippen LogP contribution >= 0.6 is 0 Å². The molecule has 124 valence electrons. The maximum atomic E-state index is 12.3. The van der Waals surface area contributed by atoms with Crippen molar-refractivity contribution in [2.45, 2.75) is 24.9 Å². The molecule has 1 aliphatic heterocycles. The van der Waals surface area contributed by atoms with Gasteiger partial charge < -0.3 is 20.1 Å². The van der Waals surface area contributed by atoms with Gasteiger partial charge >= 0.3 is 6.03 Å². The van der Waals surface area contributed by atoms with E-state index >= 15 is 0 Å². The average molecular weight is 324 g/mol. The van der Waals surface area contributed by atoms with Gasteiger partial charge in [0.25, 0.3) is 0 Å². The molecule has 1 fully saturated rings. The zero-order valence-corrected chi connectivity index (χ0v) is 13.4. The van der Waals surface area contributed by atoms with Crippen LogP contribution in [0.3, 0.4) is 0 Å². The standard InChI is InChI=1S/C19H20N2O3/c22-18(20-13-14-4-2-1-3-5-14)21-19(8-9-19)15-6-7-16-17(12-15)24-11-10-23-16/h1-7,12H,8-11,13H2,(H2,20,21,22). The fourth-order valence-electron chi connectivity index (χ4n) is 2.99. The SMILES string of the molecule is O=C(NCc1ccccc1)NC1(c2ccc3c(c2)OCCO3)CC1. The molecule has 4 rings (SSSR count). The zero-order valence-electron chi connectivity index (χ0n) is 13.4. The lowest BCUT2D eigenvalue weighted by Crippen LogP contribution is -2.42. The molecule has 0 aromatic heterocycles. The number of carbonyl (C=O) groups is 1. The van der Waals surface area contributed by atoms with Crippen molar-refractivity contribution in [1.82, 2.24) is 10.6 Å². The highest BCUT2D eigenvalue weighted by Crippen LogP contribution is 2.47. The lowest BCUT2D eigenvalue weighted by molar-refractivity contribution is 0.171. The molecule has 0 bridgehead atoms. The van der Waals surface area contributed by atoms with Gasteiger partial charge in [0.15, 0.2) is 11.5 Å². The summed E-state index contributed by atoms with van der Waals surface area (Å²) in [6.45, 7) is 1.66. The van der Waals surface area contributed by atoms with Gasteiger partial charge in [0.1, 0.15) is 13.2 Å². The summed E-state index contributed by atoms with van der Waals surface area (Å²) >= 11 is 0. The number of urea groups is 1. The number of hydrogen-bond acceptors (Lipinski definition) is 3. The molecule has 1 heterocycles. The van der Waals surface area contributed by atoms with Crippen LogP contribution in [-0.2, 0) is 12.1 Å². The first kappa shape index (κ1) is 14.9. The molecule has 0 atom stereocenters. The van der Waals surface area contributed by atoms with Gasteiger partial charge in [-0.15, -0.1) is 0 Å². The molecule has 2 amide bonds. The minimum Gasteiger partial charge on any atom is -0.486 e.